The molecule has 0 aliphatic rings. The predicted molar refractivity (Wildman–Crippen MR) is 97.1 cm³/mol. The summed E-state index contributed by atoms with van der Waals surface area (Å²) < 4.78 is 50.8. The number of hydrogen-bond acceptors (Lipinski definition) is 4. The third kappa shape index (κ3) is 2.90. The fourth-order valence-electron chi connectivity index (χ4n) is 2.96. The molecule has 4 rings (SSSR count). The number of rotatable bonds is 3. The molecule has 4 nitrogen and oxygen atoms in total. The van der Waals surface area contributed by atoms with E-state index in [0.717, 1.165) is 6.07 Å². The van der Waals surface area contributed by atoms with Crippen molar-refractivity contribution in [3.05, 3.63) is 77.6 Å². The fraction of sp³-hybridized carbons (Fsp3) is 0.0476. The predicted octanol–water partition coefficient (Wildman–Crippen LogP) is 5.03. The van der Waals surface area contributed by atoms with Gasteiger partial charge in [-0.15, -0.1) is 0 Å². The molecule has 0 aliphatic heterocycles. The zero-order chi connectivity index (χ0) is 19.8. The lowest BCUT2D eigenvalue weighted by Gasteiger charge is -2.12. The third-order valence-electron chi connectivity index (χ3n) is 4.30. The quantitative estimate of drug-likeness (QED) is 0.215. The van der Waals surface area contributed by atoms with Gasteiger partial charge in [0.25, 0.3) is 0 Å². The van der Waals surface area contributed by atoms with Crippen LogP contribution >= 0.6 is 0 Å². The average Bonchev–Trinajstić information content (AvgIpc) is 2.71. The highest BCUT2D eigenvalue weighted by molar-refractivity contribution is 6.15. The summed E-state index contributed by atoms with van der Waals surface area (Å²) in [4.78, 5) is 17.4. The van der Waals surface area contributed by atoms with E-state index in [0.29, 0.717) is 33.6 Å². The number of aromatic nitrogens is 1. The minimum atomic E-state index is -1.71. The largest absolute Gasteiger partial charge is 0.497 e. The number of fused-ring (bicyclic) bond motifs is 2. The van der Waals surface area contributed by atoms with Crippen molar-refractivity contribution < 1.29 is 27.4 Å². The summed E-state index contributed by atoms with van der Waals surface area (Å²) in [7, 11) is 1.50. The molecule has 0 bridgehead atoms. The van der Waals surface area contributed by atoms with Crippen LogP contribution in [0.2, 0.25) is 0 Å². The van der Waals surface area contributed by atoms with E-state index in [2.05, 4.69) is 4.98 Å². The highest BCUT2D eigenvalue weighted by Crippen LogP contribution is 2.30. The Morgan fingerprint density at radius 3 is 2.43 bits per heavy atom. The van der Waals surface area contributed by atoms with Crippen molar-refractivity contribution in [2.75, 3.05) is 7.11 Å². The first-order valence-electron chi connectivity index (χ1n) is 8.21. The Labute approximate surface area is 157 Å². The Morgan fingerprint density at radius 2 is 1.64 bits per heavy atom. The number of ether oxygens (including phenoxy) is 2. The van der Waals surface area contributed by atoms with E-state index in [1.54, 1.807) is 42.5 Å². The maximum Gasteiger partial charge on any atom is 0.345 e. The molecule has 0 saturated heterocycles. The molecule has 0 amide bonds. The standard InChI is InChI=1S/C21H12F3NO3/c1-27-11-6-7-13-16(10-11)25-15-5-3-2-4-12(15)18(13)21(26)28-17-9-8-14(22)19(23)20(17)24/h2-10H,1H3. The van der Waals surface area contributed by atoms with E-state index < -0.39 is 29.2 Å². The normalized spacial score (nSPS) is 11.0. The van der Waals surface area contributed by atoms with Gasteiger partial charge >= 0.3 is 5.97 Å². The Morgan fingerprint density at radius 1 is 0.893 bits per heavy atom. The molecule has 0 spiro atoms. The van der Waals surface area contributed by atoms with Crippen molar-refractivity contribution in [3.8, 4) is 11.5 Å². The maximum absolute atomic E-state index is 13.9. The lowest BCUT2D eigenvalue weighted by atomic mass is 10.0. The van der Waals surface area contributed by atoms with Gasteiger partial charge in [0, 0.05) is 16.8 Å². The number of hydrogen-bond donors (Lipinski definition) is 0. The summed E-state index contributed by atoms with van der Waals surface area (Å²) in [6.45, 7) is 0. The van der Waals surface area contributed by atoms with Crippen LogP contribution in [0, 0.1) is 17.5 Å². The van der Waals surface area contributed by atoms with E-state index in [1.165, 1.54) is 7.11 Å². The summed E-state index contributed by atoms with van der Waals surface area (Å²) in [5.41, 5.74) is 1.11. The Hall–Kier alpha value is -3.61. The lowest BCUT2D eigenvalue weighted by molar-refractivity contribution is 0.0730. The van der Waals surface area contributed by atoms with Crippen molar-refractivity contribution in [1.82, 2.24) is 4.98 Å². The zero-order valence-corrected chi connectivity index (χ0v) is 14.5. The molecule has 0 atom stereocenters. The van der Waals surface area contributed by atoms with Crippen LogP contribution < -0.4 is 9.47 Å². The summed E-state index contributed by atoms with van der Waals surface area (Å²) in [6.07, 6.45) is 0. The first kappa shape index (κ1) is 17.8. The summed E-state index contributed by atoms with van der Waals surface area (Å²) in [5.74, 6) is -5.73. The minimum absolute atomic E-state index is 0.132. The lowest BCUT2D eigenvalue weighted by Crippen LogP contribution is -2.12. The van der Waals surface area contributed by atoms with Gasteiger partial charge in [-0.05, 0) is 30.3 Å². The average molecular weight is 383 g/mol. The number of nitrogens with zero attached hydrogens (tertiary/aromatic N) is 1. The van der Waals surface area contributed by atoms with Crippen LogP contribution in [0.15, 0.2) is 54.6 Å². The molecule has 3 aromatic carbocycles. The Bertz CT molecular complexity index is 1240. The Balaban J connectivity index is 1.90. The van der Waals surface area contributed by atoms with E-state index in [-0.39, 0.29) is 5.56 Å². The maximum atomic E-state index is 13.9. The molecule has 1 aromatic heterocycles. The Kier molecular flexibility index (Phi) is 4.35. The molecule has 0 saturated carbocycles. The van der Waals surface area contributed by atoms with Gasteiger partial charge in [0.05, 0.1) is 23.7 Å². The van der Waals surface area contributed by atoms with E-state index in [9.17, 15) is 18.0 Å². The monoisotopic (exact) mass is 383 g/mol. The first-order valence-corrected chi connectivity index (χ1v) is 8.21. The molecule has 0 fully saturated rings. The molecule has 4 aromatic rings. The summed E-state index contributed by atoms with van der Waals surface area (Å²) in [6, 6.07) is 13.3. The van der Waals surface area contributed by atoms with E-state index >= 15 is 0 Å². The number of esters is 1. The molecular weight excluding hydrogens is 371 g/mol. The van der Waals surface area contributed by atoms with Crippen LogP contribution in [-0.2, 0) is 0 Å². The number of halogens is 3. The zero-order valence-electron chi connectivity index (χ0n) is 14.5. The molecule has 0 radical (unpaired) electrons. The molecule has 7 heteroatoms. The van der Waals surface area contributed by atoms with Gasteiger partial charge in [-0.25, -0.2) is 18.6 Å². The van der Waals surface area contributed by atoms with Crippen LogP contribution in [0.4, 0.5) is 13.2 Å². The first-order chi connectivity index (χ1) is 13.5. The number of carbonyl (C=O) groups excluding carboxylic acids is 1. The number of carbonyl (C=O) groups is 1. The van der Waals surface area contributed by atoms with Crippen molar-refractivity contribution in [2.24, 2.45) is 0 Å². The van der Waals surface area contributed by atoms with Crippen molar-refractivity contribution in [1.29, 1.82) is 0 Å². The molecular formula is C21H12F3NO3. The van der Waals surface area contributed by atoms with E-state index in [1.807, 2.05) is 0 Å². The third-order valence-corrected chi connectivity index (χ3v) is 4.30. The number of methoxy groups -OCH3 is 1. The van der Waals surface area contributed by atoms with Gasteiger partial charge in [-0.2, -0.15) is 4.39 Å². The highest BCUT2D eigenvalue weighted by atomic mass is 19.2. The second kappa shape index (κ2) is 6.84. The molecule has 28 heavy (non-hydrogen) atoms. The number of para-hydroxylation sites is 1. The number of pyridine rings is 1. The van der Waals surface area contributed by atoms with Crippen molar-refractivity contribution >= 4 is 27.8 Å². The van der Waals surface area contributed by atoms with Crippen LogP contribution in [0.25, 0.3) is 21.8 Å². The fourth-order valence-corrected chi connectivity index (χ4v) is 2.96. The number of benzene rings is 3. The second-order valence-corrected chi connectivity index (χ2v) is 5.95. The molecule has 0 N–H and O–H groups in total. The molecule has 1 heterocycles. The minimum Gasteiger partial charge on any atom is -0.497 e. The van der Waals surface area contributed by atoms with Crippen LogP contribution in [-0.4, -0.2) is 18.1 Å². The van der Waals surface area contributed by atoms with Crippen molar-refractivity contribution in [2.45, 2.75) is 0 Å². The summed E-state index contributed by atoms with van der Waals surface area (Å²) in [5, 5.41) is 0.931. The van der Waals surface area contributed by atoms with Crippen LogP contribution in [0.1, 0.15) is 10.4 Å². The van der Waals surface area contributed by atoms with Crippen LogP contribution in [0.5, 0.6) is 11.5 Å². The second-order valence-electron chi connectivity index (χ2n) is 5.95. The smallest absolute Gasteiger partial charge is 0.345 e. The molecule has 0 aliphatic carbocycles. The van der Waals surface area contributed by atoms with Crippen LogP contribution in [0.3, 0.4) is 0 Å². The van der Waals surface area contributed by atoms with Gasteiger partial charge in [0.1, 0.15) is 5.75 Å². The topological polar surface area (TPSA) is 48.4 Å². The van der Waals surface area contributed by atoms with Gasteiger partial charge in [-0.3, -0.25) is 0 Å². The van der Waals surface area contributed by atoms with Crippen molar-refractivity contribution in [3.63, 3.8) is 0 Å². The van der Waals surface area contributed by atoms with Gasteiger partial charge in [0.2, 0.25) is 5.82 Å². The SMILES string of the molecule is COc1ccc2c(C(=O)Oc3ccc(F)c(F)c3F)c3ccccc3nc2c1. The van der Waals surface area contributed by atoms with Gasteiger partial charge in [-0.1, -0.05) is 18.2 Å². The van der Waals surface area contributed by atoms with Gasteiger partial charge < -0.3 is 9.47 Å². The highest BCUT2D eigenvalue weighted by Gasteiger charge is 2.22. The van der Waals surface area contributed by atoms with Gasteiger partial charge in [0.15, 0.2) is 17.4 Å². The molecule has 140 valence electrons. The molecule has 0 unspecified atom stereocenters. The van der Waals surface area contributed by atoms with E-state index in [4.69, 9.17) is 9.47 Å². The summed E-state index contributed by atoms with van der Waals surface area (Å²) >= 11 is 0.